The molecule has 2 aromatic rings. The highest BCUT2D eigenvalue weighted by atomic mass is 32.1. The normalized spacial score (nSPS) is 15.2. The third-order valence-electron chi connectivity index (χ3n) is 4.00. The summed E-state index contributed by atoms with van der Waals surface area (Å²) in [5, 5.41) is 6.37. The summed E-state index contributed by atoms with van der Waals surface area (Å²) >= 11 is 1.61. The first kappa shape index (κ1) is 17.0. The lowest BCUT2D eigenvalue weighted by Crippen LogP contribution is -2.38. The second-order valence-corrected chi connectivity index (χ2v) is 6.34. The van der Waals surface area contributed by atoms with Crippen LogP contribution >= 0.6 is 11.3 Å². The maximum atomic E-state index is 5.46. The van der Waals surface area contributed by atoms with Crippen LogP contribution in [0.3, 0.4) is 0 Å². The van der Waals surface area contributed by atoms with E-state index in [0.717, 1.165) is 67.3 Å². The van der Waals surface area contributed by atoms with Crippen LogP contribution in [0.2, 0.25) is 0 Å². The number of methoxy groups -OCH3 is 2. The van der Waals surface area contributed by atoms with Crippen molar-refractivity contribution in [2.45, 2.75) is 0 Å². The SMILES string of the molecule is COc1ccc(-c2csc(NCCN3CCOCC3)n2)c(OC)c1. The molecule has 0 unspecified atom stereocenters. The molecule has 1 aromatic carbocycles. The van der Waals surface area contributed by atoms with Gasteiger partial charge in [0.2, 0.25) is 0 Å². The summed E-state index contributed by atoms with van der Waals surface area (Å²) in [6, 6.07) is 5.77. The highest BCUT2D eigenvalue weighted by Crippen LogP contribution is 2.34. The van der Waals surface area contributed by atoms with Gasteiger partial charge in [-0.3, -0.25) is 4.90 Å². The Balaban J connectivity index is 1.60. The fraction of sp³-hybridized carbons (Fsp3) is 0.471. The van der Waals surface area contributed by atoms with Crippen molar-refractivity contribution in [3.05, 3.63) is 23.6 Å². The smallest absolute Gasteiger partial charge is 0.183 e. The van der Waals surface area contributed by atoms with Crippen LogP contribution in [0.5, 0.6) is 11.5 Å². The largest absolute Gasteiger partial charge is 0.497 e. The molecule has 0 bridgehead atoms. The summed E-state index contributed by atoms with van der Waals surface area (Å²) in [6.07, 6.45) is 0. The monoisotopic (exact) mass is 349 g/mol. The number of nitrogens with zero attached hydrogens (tertiary/aromatic N) is 2. The standard InChI is InChI=1S/C17H23N3O3S/c1-21-13-3-4-14(16(11-13)22-2)15-12-24-17(19-15)18-5-6-20-7-9-23-10-8-20/h3-4,11-12H,5-10H2,1-2H3,(H,18,19). The Morgan fingerprint density at radius 1 is 1.25 bits per heavy atom. The van der Waals surface area contributed by atoms with E-state index in [0.29, 0.717) is 0 Å². The number of rotatable bonds is 7. The minimum atomic E-state index is 0.763. The first-order valence-electron chi connectivity index (χ1n) is 8.02. The summed E-state index contributed by atoms with van der Waals surface area (Å²) in [7, 11) is 3.31. The van der Waals surface area contributed by atoms with Gasteiger partial charge >= 0.3 is 0 Å². The predicted octanol–water partition coefficient (Wildman–Crippen LogP) is 2.57. The summed E-state index contributed by atoms with van der Waals surface area (Å²) in [5.41, 5.74) is 1.88. The van der Waals surface area contributed by atoms with Gasteiger partial charge in [-0.25, -0.2) is 4.98 Å². The average Bonchev–Trinajstić information content (AvgIpc) is 3.10. The molecule has 1 aromatic heterocycles. The van der Waals surface area contributed by atoms with E-state index in [4.69, 9.17) is 14.2 Å². The van der Waals surface area contributed by atoms with Gasteiger partial charge < -0.3 is 19.5 Å². The third-order valence-corrected chi connectivity index (χ3v) is 4.80. The highest BCUT2D eigenvalue weighted by molar-refractivity contribution is 7.14. The molecule has 1 aliphatic rings. The van der Waals surface area contributed by atoms with Crippen molar-refractivity contribution in [3.8, 4) is 22.8 Å². The average molecular weight is 349 g/mol. The Morgan fingerprint density at radius 2 is 2.08 bits per heavy atom. The minimum Gasteiger partial charge on any atom is -0.497 e. The van der Waals surface area contributed by atoms with Gasteiger partial charge in [0.1, 0.15) is 11.5 Å². The summed E-state index contributed by atoms with van der Waals surface area (Å²) in [5.74, 6) is 1.54. The van der Waals surface area contributed by atoms with Gasteiger partial charge in [-0.1, -0.05) is 0 Å². The number of hydrogen-bond donors (Lipinski definition) is 1. The van der Waals surface area contributed by atoms with Crippen LogP contribution in [0.15, 0.2) is 23.6 Å². The van der Waals surface area contributed by atoms with Crippen molar-refractivity contribution in [1.82, 2.24) is 9.88 Å². The van der Waals surface area contributed by atoms with Crippen molar-refractivity contribution in [1.29, 1.82) is 0 Å². The van der Waals surface area contributed by atoms with Crippen molar-refractivity contribution < 1.29 is 14.2 Å². The van der Waals surface area contributed by atoms with Gasteiger partial charge in [0.05, 0.1) is 33.1 Å². The molecule has 0 amide bonds. The van der Waals surface area contributed by atoms with Gasteiger partial charge in [0, 0.05) is 43.2 Å². The molecule has 0 aliphatic carbocycles. The molecule has 6 nitrogen and oxygen atoms in total. The van der Waals surface area contributed by atoms with Crippen LogP contribution in [0, 0.1) is 0 Å². The van der Waals surface area contributed by atoms with E-state index < -0.39 is 0 Å². The molecule has 0 radical (unpaired) electrons. The maximum Gasteiger partial charge on any atom is 0.183 e. The van der Waals surface area contributed by atoms with Crippen molar-refractivity contribution in [2.75, 3.05) is 58.9 Å². The lowest BCUT2D eigenvalue weighted by Gasteiger charge is -2.26. The first-order chi connectivity index (χ1) is 11.8. The second kappa shape index (κ2) is 8.32. The van der Waals surface area contributed by atoms with E-state index in [1.54, 1.807) is 25.6 Å². The lowest BCUT2D eigenvalue weighted by atomic mass is 10.1. The van der Waals surface area contributed by atoms with Crippen LogP contribution < -0.4 is 14.8 Å². The number of hydrogen-bond acceptors (Lipinski definition) is 7. The maximum absolute atomic E-state index is 5.46. The topological polar surface area (TPSA) is 55.9 Å². The second-order valence-electron chi connectivity index (χ2n) is 5.48. The Kier molecular flexibility index (Phi) is 5.90. The van der Waals surface area contributed by atoms with Crippen LogP contribution in [0.4, 0.5) is 5.13 Å². The van der Waals surface area contributed by atoms with Crippen LogP contribution in [0.25, 0.3) is 11.3 Å². The third kappa shape index (κ3) is 4.17. The van der Waals surface area contributed by atoms with E-state index in [2.05, 4.69) is 15.2 Å². The highest BCUT2D eigenvalue weighted by Gasteiger charge is 2.12. The van der Waals surface area contributed by atoms with E-state index in [-0.39, 0.29) is 0 Å². The first-order valence-corrected chi connectivity index (χ1v) is 8.90. The Bertz CT molecular complexity index is 656. The zero-order chi connectivity index (χ0) is 16.8. The molecule has 1 N–H and O–H groups in total. The minimum absolute atomic E-state index is 0.763. The summed E-state index contributed by atoms with van der Waals surface area (Å²) < 4.78 is 16.1. The molecule has 2 heterocycles. The van der Waals surface area contributed by atoms with Gasteiger partial charge in [-0.2, -0.15) is 0 Å². The van der Waals surface area contributed by atoms with E-state index >= 15 is 0 Å². The molecule has 0 spiro atoms. The van der Waals surface area contributed by atoms with E-state index in [1.165, 1.54) is 0 Å². The van der Waals surface area contributed by atoms with Crippen LogP contribution in [-0.2, 0) is 4.74 Å². The van der Waals surface area contributed by atoms with Crippen molar-refractivity contribution in [3.63, 3.8) is 0 Å². The zero-order valence-electron chi connectivity index (χ0n) is 14.1. The quantitative estimate of drug-likeness (QED) is 0.829. The van der Waals surface area contributed by atoms with Crippen molar-refractivity contribution in [2.24, 2.45) is 0 Å². The Morgan fingerprint density at radius 3 is 2.83 bits per heavy atom. The summed E-state index contributed by atoms with van der Waals surface area (Å²) in [6.45, 7) is 5.57. The van der Waals surface area contributed by atoms with Crippen molar-refractivity contribution >= 4 is 16.5 Å². The van der Waals surface area contributed by atoms with Gasteiger partial charge in [0.15, 0.2) is 5.13 Å². The molecule has 130 valence electrons. The molecule has 1 aliphatic heterocycles. The molecule has 1 fully saturated rings. The number of ether oxygens (including phenoxy) is 3. The Hall–Kier alpha value is -1.83. The van der Waals surface area contributed by atoms with Gasteiger partial charge in [-0.15, -0.1) is 11.3 Å². The fourth-order valence-electron chi connectivity index (χ4n) is 2.63. The van der Waals surface area contributed by atoms with Gasteiger partial charge in [0.25, 0.3) is 0 Å². The van der Waals surface area contributed by atoms with Crippen LogP contribution in [0.1, 0.15) is 0 Å². The fourth-order valence-corrected chi connectivity index (χ4v) is 3.37. The predicted molar refractivity (Wildman–Crippen MR) is 96.4 cm³/mol. The lowest BCUT2D eigenvalue weighted by molar-refractivity contribution is 0.0398. The molecule has 3 rings (SSSR count). The molecular weight excluding hydrogens is 326 g/mol. The number of aromatic nitrogens is 1. The van der Waals surface area contributed by atoms with E-state index in [9.17, 15) is 0 Å². The zero-order valence-corrected chi connectivity index (χ0v) is 14.9. The number of anilines is 1. The summed E-state index contributed by atoms with van der Waals surface area (Å²) in [4.78, 5) is 7.07. The molecule has 1 saturated heterocycles. The number of thiazole rings is 1. The molecule has 7 heteroatoms. The molecular formula is C17H23N3O3S. The number of benzene rings is 1. The van der Waals surface area contributed by atoms with Gasteiger partial charge in [-0.05, 0) is 12.1 Å². The number of nitrogens with one attached hydrogen (secondary N) is 1. The van der Waals surface area contributed by atoms with Crippen LogP contribution in [-0.4, -0.2) is 63.5 Å². The number of morpholine rings is 1. The Labute approximate surface area is 146 Å². The molecule has 0 atom stereocenters. The van der Waals surface area contributed by atoms with E-state index in [1.807, 2.05) is 23.6 Å². The molecule has 0 saturated carbocycles. The molecule has 24 heavy (non-hydrogen) atoms.